The Bertz CT molecular complexity index is 352. The summed E-state index contributed by atoms with van der Waals surface area (Å²) in [6.45, 7) is 6.65. The van der Waals surface area contributed by atoms with Gasteiger partial charge in [0.15, 0.2) is 5.82 Å². The maximum atomic E-state index is 4.19. The second-order valence-corrected chi connectivity index (χ2v) is 5.38. The molecule has 1 N–H and O–H groups in total. The van der Waals surface area contributed by atoms with Gasteiger partial charge in [-0.3, -0.25) is 0 Å². The summed E-state index contributed by atoms with van der Waals surface area (Å²) in [6.07, 6.45) is 7.33. The van der Waals surface area contributed by atoms with Gasteiger partial charge in [0.25, 0.3) is 0 Å². The highest BCUT2D eigenvalue weighted by Gasteiger charge is 2.29. The topological polar surface area (TPSA) is 55.6 Å². The molecule has 0 radical (unpaired) electrons. The van der Waals surface area contributed by atoms with Crippen molar-refractivity contribution >= 4 is 0 Å². The molecular formula is C13H25N5. The quantitative estimate of drug-likeness (QED) is 0.771. The number of tetrazole rings is 1. The first-order valence-electron chi connectivity index (χ1n) is 7.30. The Morgan fingerprint density at radius 1 is 1.28 bits per heavy atom. The van der Waals surface area contributed by atoms with E-state index in [0.29, 0.717) is 12.1 Å². The average Bonchev–Trinajstić information content (AvgIpc) is 3.07. The lowest BCUT2D eigenvalue weighted by Crippen LogP contribution is -2.33. The van der Waals surface area contributed by atoms with Gasteiger partial charge in [0.2, 0.25) is 0 Å². The Labute approximate surface area is 109 Å². The zero-order valence-corrected chi connectivity index (χ0v) is 11.8. The van der Waals surface area contributed by atoms with E-state index in [0.717, 1.165) is 5.82 Å². The molecule has 1 fully saturated rings. The number of nitrogens with one attached hydrogen (secondary N) is 1. The van der Waals surface area contributed by atoms with Crippen LogP contribution in [0.15, 0.2) is 0 Å². The van der Waals surface area contributed by atoms with Crippen LogP contribution in [0.2, 0.25) is 0 Å². The standard InChI is InChI=1S/C13H25N5/c1-4-6-11(7-5-2)14-10(3)13-15-16-17-18(13)12-8-9-12/h10-12,14H,4-9H2,1-3H3/t10-/m0/s1. The third kappa shape index (κ3) is 3.28. The van der Waals surface area contributed by atoms with Crippen LogP contribution in [0.4, 0.5) is 0 Å². The van der Waals surface area contributed by atoms with Gasteiger partial charge in [0, 0.05) is 6.04 Å². The molecule has 0 bridgehead atoms. The highest BCUT2D eigenvalue weighted by molar-refractivity contribution is 4.96. The maximum absolute atomic E-state index is 4.19. The number of hydrogen-bond donors (Lipinski definition) is 1. The molecule has 5 nitrogen and oxygen atoms in total. The summed E-state index contributed by atoms with van der Waals surface area (Å²) in [5, 5.41) is 15.8. The molecule has 1 aliphatic rings. The molecule has 0 unspecified atom stereocenters. The normalized spacial score (nSPS) is 17.3. The van der Waals surface area contributed by atoms with Gasteiger partial charge in [-0.25, -0.2) is 4.68 Å². The van der Waals surface area contributed by atoms with Gasteiger partial charge < -0.3 is 5.32 Å². The third-order valence-electron chi connectivity index (χ3n) is 3.56. The molecule has 102 valence electrons. The van der Waals surface area contributed by atoms with Crippen molar-refractivity contribution in [1.29, 1.82) is 0 Å². The summed E-state index contributed by atoms with van der Waals surface area (Å²) in [7, 11) is 0. The summed E-state index contributed by atoms with van der Waals surface area (Å²) in [5.74, 6) is 0.995. The average molecular weight is 251 g/mol. The van der Waals surface area contributed by atoms with Gasteiger partial charge in [0.05, 0.1) is 12.1 Å². The predicted molar refractivity (Wildman–Crippen MR) is 71.2 cm³/mol. The molecule has 0 spiro atoms. The lowest BCUT2D eigenvalue weighted by Gasteiger charge is -2.22. The van der Waals surface area contributed by atoms with Crippen LogP contribution in [0.3, 0.4) is 0 Å². The Morgan fingerprint density at radius 3 is 2.50 bits per heavy atom. The van der Waals surface area contributed by atoms with Gasteiger partial charge in [-0.15, -0.1) is 5.10 Å². The second-order valence-electron chi connectivity index (χ2n) is 5.38. The molecule has 1 aromatic rings. The third-order valence-corrected chi connectivity index (χ3v) is 3.56. The van der Waals surface area contributed by atoms with Gasteiger partial charge in [-0.1, -0.05) is 26.7 Å². The molecule has 0 aromatic carbocycles. The van der Waals surface area contributed by atoms with Gasteiger partial charge in [-0.05, 0) is 43.0 Å². The summed E-state index contributed by atoms with van der Waals surface area (Å²) in [5.41, 5.74) is 0. The van der Waals surface area contributed by atoms with E-state index in [2.05, 4.69) is 41.6 Å². The summed E-state index contributed by atoms with van der Waals surface area (Å²) >= 11 is 0. The molecule has 0 saturated heterocycles. The van der Waals surface area contributed by atoms with Crippen LogP contribution in [0.5, 0.6) is 0 Å². The van der Waals surface area contributed by atoms with Crippen LogP contribution < -0.4 is 5.32 Å². The van der Waals surface area contributed by atoms with Crippen molar-refractivity contribution in [2.45, 2.75) is 77.4 Å². The summed E-state index contributed by atoms with van der Waals surface area (Å²) in [6, 6.07) is 1.37. The Morgan fingerprint density at radius 2 is 1.94 bits per heavy atom. The minimum atomic E-state index is 0.240. The number of hydrogen-bond acceptors (Lipinski definition) is 4. The second kappa shape index (κ2) is 6.27. The van der Waals surface area contributed by atoms with Crippen molar-refractivity contribution < 1.29 is 0 Å². The maximum Gasteiger partial charge on any atom is 0.168 e. The Balaban J connectivity index is 1.96. The highest BCUT2D eigenvalue weighted by Crippen LogP contribution is 2.35. The van der Waals surface area contributed by atoms with Crippen LogP contribution in [0, 0.1) is 0 Å². The van der Waals surface area contributed by atoms with Crippen molar-refractivity contribution in [3.63, 3.8) is 0 Å². The fourth-order valence-corrected chi connectivity index (χ4v) is 2.50. The van der Waals surface area contributed by atoms with Crippen molar-refractivity contribution in [2.75, 3.05) is 0 Å². The highest BCUT2D eigenvalue weighted by atomic mass is 15.6. The monoisotopic (exact) mass is 251 g/mol. The molecule has 1 saturated carbocycles. The number of rotatable bonds is 8. The van der Waals surface area contributed by atoms with Crippen LogP contribution in [0.25, 0.3) is 0 Å². The van der Waals surface area contributed by atoms with Crippen molar-refractivity contribution in [3.05, 3.63) is 5.82 Å². The molecule has 2 rings (SSSR count). The summed E-state index contributed by atoms with van der Waals surface area (Å²) < 4.78 is 2.01. The minimum absolute atomic E-state index is 0.240. The van der Waals surface area contributed by atoms with Gasteiger partial charge in [-0.2, -0.15) is 0 Å². The minimum Gasteiger partial charge on any atom is -0.305 e. The van der Waals surface area contributed by atoms with E-state index in [1.165, 1.54) is 38.5 Å². The van der Waals surface area contributed by atoms with E-state index in [9.17, 15) is 0 Å². The van der Waals surface area contributed by atoms with E-state index >= 15 is 0 Å². The van der Waals surface area contributed by atoms with Crippen LogP contribution >= 0.6 is 0 Å². The fourth-order valence-electron chi connectivity index (χ4n) is 2.50. The zero-order valence-electron chi connectivity index (χ0n) is 11.8. The van der Waals surface area contributed by atoms with Crippen LogP contribution in [-0.4, -0.2) is 26.2 Å². The number of nitrogens with zero attached hydrogens (tertiary/aromatic N) is 4. The van der Waals surface area contributed by atoms with E-state index in [-0.39, 0.29) is 6.04 Å². The van der Waals surface area contributed by atoms with Crippen molar-refractivity contribution in [2.24, 2.45) is 0 Å². The molecule has 18 heavy (non-hydrogen) atoms. The van der Waals surface area contributed by atoms with E-state index in [1.807, 2.05) is 4.68 Å². The SMILES string of the molecule is CCCC(CCC)N[C@@H](C)c1nnnn1C1CC1. The number of aromatic nitrogens is 4. The first kappa shape index (κ1) is 13.5. The zero-order chi connectivity index (χ0) is 13.0. The largest absolute Gasteiger partial charge is 0.305 e. The molecule has 1 aromatic heterocycles. The van der Waals surface area contributed by atoms with E-state index in [4.69, 9.17) is 0 Å². The molecule has 0 aliphatic heterocycles. The molecular weight excluding hydrogens is 226 g/mol. The Kier molecular flexibility index (Phi) is 4.69. The lowest BCUT2D eigenvalue weighted by atomic mass is 10.1. The van der Waals surface area contributed by atoms with Gasteiger partial charge >= 0.3 is 0 Å². The van der Waals surface area contributed by atoms with E-state index in [1.54, 1.807) is 0 Å². The summed E-state index contributed by atoms with van der Waals surface area (Å²) in [4.78, 5) is 0. The van der Waals surface area contributed by atoms with Crippen LogP contribution in [-0.2, 0) is 0 Å². The van der Waals surface area contributed by atoms with Crippen molar-refractivity contribution in [3.8, 4) is 0 Å². The smallest absolute Gasteiger partial charge is 0.168 e. The Hall–Kier alpha value is -0.970. The molecule has 1 heterocycles. The molecule has 5 heteroatoms. The van der Waals surface area contributed by atoms with Gasteiger partial charge in [0.1, 0.15) is 0 Å². The molecule has 1 atom stereocenters. The van der Waals surface area contributed by atoms with E-state index < -0.39 is 0 Å². The molecule has 1 aliphatic carbocycles. The van der Waals surface area contributed by atoms with Crippen molar-refractivity contribution in [1.82, 2.24) is 25.5 Å². The van der Waals surface area contributed by atoms with Crippen LogP contribution in [0.1, 0.15) is 77.2 Å². The first-order valence-corrected chi connectivity index (χ1v) is 7.30. The first-order chi connectivity index (χ1) is 8.76. The lowest BCUT2D eigenvalue weighted by molar-refractivity contribution is 0.382. The predicted octanol–water partition coefficient (Wildman–Crippen LogP) is 2.63. The molecule has 0 amide bonds. The fraction of sp³-hybridized carbons (Fsp3) is 0.923.